The smallest absolute Gasteiger partial charge is 0.373 e. The molecule has 5 heteroatoms. The molecule has 150 valence electrons. The molecule has 0 unspecified atom stereocenters. The van der Waals surface area contributed by atoms with Crippen LogP contribution in [-0.4, -0.2) is 31.3 Å². The van der Waals surface area contributed by atoms with Crippen molar-refractivity contribution < 1.29 is 23.8 Å². The summed E-state index contributed by atoms with van der Waals surface area (Å²) in [7, 11) is 1.33. The molecule has 4 atom stereocenters. The summed E-state index contributed by atoms with van der Waals surface area (Å²) in [4.78, 5) is 24.7. The number of rotatable bonds is 5. The fraction of sp³-hybridized carbons (Fsp3) is 0.333. The molecule has 2 aromatic carbocycles. The number of Topliss-reactive ketones (excluding diaryl/α,β-unsaturated/α-hetero) is 1. The van der Waals surface area contributed by atoms with Crippen LogP contribution in [0.3, 0.4) is 0 Å². The molecular formula is C24H24O5. The molecule has 2 aliphatic rings. The summed E-state index contributed by atoms with van der Waals surface area (Å²) in [6, 6.07) is 19.2. The first-order valence-corrected chi connectivity index (χ1v) is 9.91. The molecule has 0 aromatic heterocycles. The lowest BCUT2D eigenvalue weighted by Crippen LogP contribution is -2.43. The highest BCUT2D eigenvalue weighted by Gasteiger charge is 2.42. The standard InChI is InChI=1S/C24H24O5/c1-27-23(26)22-15-20(16-8-4-2-5-9-16)19-13-12-18(28-24(19)29-22)14-21(25)17-10-6-3-7-11-17/h2-11,15,18-20,24H,12-14H2,1H3/t18-,19-,20-,24-/m1/s1. The van der Waals surface area contributed by atoms with E-state index in [1.165, 1.54) is 7.11 Å². The second-order valence-corrected chi connectivity index (χ2v) is 7.44. The van der Waals surface area contributed by atoms with Crippen LogP contribution in [0.5, 0.6) is 0 Å². The summed E-state index contributed by atoms with van der Waals surface area (Å²) < 4.78 is 16.9. The Labute approximate surface area is 170 Å². The molecule has 0 amide bonds. The number of ketones is 1. The fourth-order valence-corrected chi connectivity index (χ4v) is 4.12. The van der Waals surface area contributed by atoms with Gasteiger partial charge in [-0.05, 0) is 24.5 Å². The molecule has 0 N–H and O–H groups in total. The first kappa shape index (κ1) is 19.4. The third-order valence-electron chi connectivity index (χ3n) is 5.61. The molecule has 4 rings (SSSR count). The number of hydrogen-bond acceptors (Lipinski definition) is 5. The maximum absolute atomic E-state index is 12.6. The van der Waals surface area contributed by atoms with Crippen molar-refractivity contribution >= 4 is 11.8 Å². The van der Waals surface area contributed by atoms with Gasteiger partial charge in [-0.1, -0.05) is 60.7 Å². The fourth-order valence-electron chi connectivity index (χ4n) is 4.12. The summed E-state index contributed by atoms with van der Waals surface area (Å²) >= 11 is 0. The molecule has 2 aliphatic heterocycles. The topological polar surface area (TPSA) is 61.8 Å². The van der Waals surface area contributed by atoms with Crippen molar-refractivity contribution in [3.8, 4) is 0 Å². The van der Waals surface area contributed by atoms with Crippen LogP contribution in [0.1, 0.15) is 41.1 Å². The van der Waals surface area contributed by atoms with Crippen molar-refractivity contribution in [2.75, 3.05) is 7.11 Å². The molecule has 1 fully saturated rings. The molecule has 2 heterocycles. The zero-order valence-corrected chi connectivity index (χ0v) is 16.3. The van der Waals surface area contributed by atoms with Gasteiger partial charge < -0.3 is 14.2 Å². The lowest BCUT2D eigenvalue weighted by Gasteiger charge is -2.42. The summed E-state index contributed by atoms with van der Waals surface area (Å²) in [6.07, 6.45) is 2.93. The summed E-state index contributed by atoms with van der Waals surface area (Å²) in [6.45, 7) is 0. The van der Waals surface area contributed by atoms with E-state index in [-0.39, 0.29) is 29.5 Å². The van der Waals surface area contributed by atoms with Crippen LogP contribution >= 0.6 is 0 Å². The monoisotopic (exact) mass is 392 g/mol. The molecular weight excluding hydrogens is 368 g/mol. The largest absolute Gasteiger partial charge is 0.463 e. The van der Waals surface area contributed by atoms with Gasteiger partial charge in [0, 0.05) is 23.8 Å². The Morgan fingerprint density at radius 3 is 2.38 bits per heavy atom. The normalized spacial score (nSPS) is 25.9. The van der Waals surface area contributed by atoms with Crippen LogP contribution < -0.4 is 0 Å². The molecule has 1 saturated heterocycles. The minimum atomic E-state index is -0.582. The maximum Gasteiger partial charge on any atom is 0.373 e. The predicted molar refractivity (Wildman–Crippen MR) is 107 cm³/mol. The van der Waals surface area contributed by atoms with Gasteiger partial charge in [-0.15, -0.1) is 0 Å². The molecule has 29 heavy (non-hydrogen) atoms. The van der Waals surface area contributed by atoms with Crippen LogP contribution in [0.15, 0.2) is 72.5 Å². The highest BCUT2D eigenvalue weighted by atomic mass is 16.7. The quantitative estimate of drug-likeness (QED) is 0.562. The third-order valence-corrected chi connectivity index (χ3v) is 5.61. The van der Waals surface area contributed by atoms with Crippen LogP contribution in [-0.2, 0) is 19.0 Å². The first-order chi connectivity index (χ1) is 14.2. The number of benzene rings is 2. The van der Waals surface area contributed by atoms with Crippen molar-refractivity contribution in [3.05, 3.63) is 83.6 Å². The number of fused-ring (bicyclic) bond motifs is 1. The number of allylic oxidation sites excluding steroid dienone is 1. The number of ether oxygens (including phenoxy) is 3. The molecule has 0 spiro atoms. The average Bonchev–Trinajstić information content (AvgIpc) is 2.78. The Morgan fingerprint density at radius 2 is 1.69 bits per heavy atom. The Hall–Kier alpha value is -2.92. The van der Waals surface area contributed by atoms with E-state index in [2.05, 4.69) is 0 Å². The van der Waals surface area contributed by atoms with Crippen molar-refractivity contribution in [3.63, 3.8) is 0 Å². The van der Waals surface area contributed by atoms with Crippen LogP contribution in [0.4, 0.5) is 0 Å². The number of carbonyl (C=O) groups excluding carboxylic acids is 2. The average molecular weight is 392 g/mol. The SMILES string of the molecule is COC(=O)C1=C[C@H](c2ccccc2)[C@H]2CC[C@H](CC(=O)c3ccccc3)O[C@@H]2O1. The minimum Gasteiger partial charge on any atom is -0.463 e. The minimum absolute atomic E-state index is 0.00479. The zero-order valence-electron chi connectivity index (χ0n) is 16.3. The summed E-state index contributed by atoms with van der Waals surface area (Å²) in [5, 5.41) is 0. The van der Waals surface area contributed by atoms with Gasteiger partial charge in [-0.3, -0.25) is 4.79 Å². The number of esters is 1. The van der Waals surface area contributed by atoms with Gasteiger partial charge in [0.1, 0.15) is 0 Å². The van der Waals surface area contributed by atoms with Crippen molar-refractivity contribution in [1.29, 1.82) is 0 Å². The Bertz CT molecular complexity index is 890. The van der Waals surface area contributed by atoms with Crippen molar-refractivity contribution in [1.82, 2.24) is 0 Å². The number of carbonyl (C=O) groups is 2. The van der Waals surface area contributed by atoms with E-state index >= 15 is 0 Å². The third kappa shape index (κ3) is 4.25. The summed E-state index contributed by atoms with van der Waals surface area (Å²) in [5.41, 5.74) is 1.79. The Balaban J connectivity index is 1.52. The van der Waals surface area contributed by atoms with Crippen LogP contribution in [0, 0.1) is 5.92 Å². The highest BCUT2D eigenvalue weighted by Crippen LogP contribution is 2.43. The lowest BCUT2D eigenvalue weighted by atomic mass is 9.78. The van der Waals surface area contributed by atoms with Gasteiger partial charge >= 0.3 is 5.97 Å². The van der Waals surface area contributed by atoms with E-state index in [0.29, 0.717) is 12.0 Å². The number of methoxy groups -OCH3 is 1. The van der Waals surface area contributed by atoms with E-state index in [4.69, 9.17) is 14.2 Å². The number of hydrogen-bond donors (Lipinski definition) is 0. The second kappa shape index (κ2) is 8.62. The van der Waals surface area contributed by atoms with Gasteiger partial charge in [0.05, 0.1) is 13.2 Å². The molecule has 0 bridgehead atoms. The lowest BCUT2D eigenvalue weighted by molar-refractivity contribution is -0.215. The maximum atomic E-state index is 12.6. The van der Waals surface area contributed by atoms with Gasteiger partial charge in [0.15, 0.2) is 5.78 Å². The van der Waals surface area contributed by atoms with Crippen molar-refractivity contribution in [2.24, 2.45) is 5.92 Å². The van der Waals surface area contributed by atoms with E-state index < -0.39 is 12.3 Å². The molecule has 0 saturated carbocycles. The van der Waals surface area contributed by atoms with Gasteiger partial charge in [-0.2, -0.15) is 0 Å². The molecule has 0 radical (unpaired) electrons. The van der Waals surface area contributed by atoms with E-state index in [0.717, 1.165) is 18.4 Å². The summed E-state index contributed by atoms with van der Waals surface area (Å²) in [5.74, 6) is -0.231. The Morgan fingerprint density at radius 1 is 1.00 bits per heavy atom. The van der Waals surface area contributed by atoms with Crippen molar-refractivity contribution in [2.45, 2.75) is 37.6 Å². The van der Waals surface area contributed by atoms with Crippen LogP contribution in [0.25, 0.3) is 0 Å². The second-order valence-electron chi connectivity index (χ2n) is 7.44. The van der Waals surface area contributed by atoms with E-state index in [1.807, 2.05) is 66.7 Å². The molecule has 0 aliphatic carbocycles. The van der Waals surface area contributed by atoms with Gasteiger partial charge in [0.2, 0.25) is 12.0 Å². The van der Waals surface area contributed by atoms with E-state index in [1.54, 1.807) is 0 Å². The molecule has 5 nitrogen and oxygen atoms in total. The molecule has 2 aromatic rings. The zero-order chi connectivity index (χ0) is 20.2. The van der Waals surface area contributed by atoms with E-state index in [9.17, 15) is 9.59 Å². The van der Waals surface area contributed by atoms with Gasteiger partial charge in [0.25, 0.3) is 0 Å². The highest BCUT2D eigenvalue weighted by molar-refractivity contribution is 5.96. The van der Waals surface area contributed by atoms with Gasteiger partial charge in [-0.25, -0.2) is 4.79 Å². The first-order valence-electron chi connectivity index (χ1n) is 9.91. The Kier molecular flexibility index (Phi) is 5.76. The van der Waals surface area contributed by atoms with Crippen LogP contribution in [0.2, 0.25) is 0 Å². The predicted octanol–water partition coefficient (Wildman–Crippen LogP) is 4.25.